The van der Waals surface area contributed by atoms with Gasteiger partial charge in [-0.25, -0.2) is 9.97 Å². The molecule has 0 amide bonds. The first-order chi connectivity index (χ1) is 9.76. The second-order valence-corrected chi connectivity index (χ2v) is 4.52. The van der Waals surface area contributed by atoms with Crippen molar-refractivity contribution in [2.75, 3.05) is 0 Å². The molecule has 0 N–H and O–H groups in total. The van der Waals surface area contributed by atoms with Gasteiger partial charge >= 0.3 is 0 Å². The highest BCUT2D eigenvalue weighted by Crippen LogP contribution is 2.26. The van der Waals surface area contributed by atoms with Crippen molar-refractivity contribution in [3.8, 4) is 11.6 Å². The van der Waals surface area contributed by atoms with E-state index in [0.29, 0.717) is 22.3 Å². The fourth-order valence-corrected chi connectivity index (χ4v) is 2.08. The fourth-order valence-electron chi connectivity index (χ4n) is 1.95. The molecule has 2 aromatic carbocycles. The van der Waals surface area contributed by atoms with Gasteiger partial charge in [-0.05, 0) is 29.0 Å². The molecule has 0 aliphatic carbocycles. The van der Waals surface area contributed by atoms with Crippen LogP contribution < -0.4 is 4.74 Å². The second kappa shape index (κ2) is 5.27. The Morgan fingerprint density at radius 1 is 1.10 bits per heavy atom. The number of carbonyl (C=O) groups is 1. The number of hydrogen-bond acceptors (Lipinski definition) is 4. The average molecular weight is 285 g/mol. The lowest BCUT2D eigenvalue weighted by Gasteiger charge is -2.06. The number of aldehydes is 1. The molecular formula is C15H9ClN2O2. The lowest BCUT2D eigenvalue weighted by atomic mass is 10.1. The zero-order valence-electron chi connectivity index (χ0n) is 10.3. The summed E-state index contributed by atoms with van der Waals surface area (Å²) in [6, 6.07) is 12.5. The van der Waals surface area contributed by atoms with Gasteiger partial charge in [-0.2, -0.15) is 0 Å². The van der Waals surface area contributed by atoms with E-state index in [1.54, 1.807) is 12.1 Å². The Labute approximate surface area is 120 Å². The molecule has 3 aromatic rings. The standard InChI is InChI=1S/C15H9ClN2O2/c16-14-7-15(18-9-17-14)20-12-4-5-13-10(6-12)2-1-3-11(13)8-19/h1-9H. The molecule has 0 aliphatic heterocycles. The smallest absolute Gasteiger partial charge is 0.223 e. The third-order valence-corrected chi connectivity index (χ3v) is 3.05. The van der Waals surface area contributed by atoms with Crippen LogP contribution in [-0.4, -0.2) is 16.3 Å². The normalized spacial score (nSPS) is 10.4. The van der Waals surface area contributed by atoms with Gasteiger partial charge < -0.3 is 4.74 Å². The number of nitrogens with zero attached hydrogens (tertiary/aromatic N) is 2. The maximum atomic E-state index is 11.0. The molecular weight excluding hydrogens is 276 g/mol. The van der Waals surface area contributed by atoms with Crippen LogP contribution >= 0.6 is 11.6 Å². The molecule has 5 heteroatoms. The van der Waals surface area contributed by atoms with Crippen LogP contribution in [0.3, 0.4) is 0 Å². The summed E-state index contributed by atoms with van der Waals surface area (Å²) in [7, 11) is 0. The molecule has 0 aliphatic rings. The molecule has 0 fully saturated rings. The van der Waals surface area contributed by atoms with Gasteiger partial charge in [0.25, 0.3) is 0 Å². The number of hydrogen-bond donors (Lipinski definition) is 0. The van der Waals surface area contributed by atoms with Crippen LogP contribution in [0, 0.1) is 0 Å². The van der Waals surface area contributed by atoms with Crippen molar-refractivity contribution in [3.63, 3.8) is 0 Å². The van der Waals surface area contributed by atoms with Gasteiger partial charge in [-0.1, -0.05) is 29.8 Å². The van der Waals surface area contributed by atoms with E-state index in [9.17, 15) is 4.79 Å². The van der Waals surface area contributed by atoms with Gasteiger partial charge in [-0.3, -0.25) is 4.79 Å². The summed E-state index contributed by atoms with van der Waals surface area (Å²) >= 11 is 5.78. The molecule has 0 radical (unpaired) electrons. The third-order valence-electron chi connectivity index (χ3n) is 2.84. The molecule has 4 nitrogen and oxygen atoms in total. The molecule has 98 valence electrons. The predicted octanol–water partition coefficient (Wildman–Crippen LogP) is 3.89. The zero-order chi connectivity index (χ0) is 13.9. The van der Waals surface area contributed by atoms with Crippen molar-refractivity contribution >= 4 is 28.7 Å². The van der Waals surface area contributed by atoms with Gasteiger partial charge in [0.05, 0.1) is 0 Å². The Morgan fingerprint density at radius 3 is 2.80 bits per heavy atom. The van der Waals surface area contributed by atoms with Crippen LogP contribution in [0.2, 0.25) is 5.15 Å². The Bertz CT molecular complexity index is 790. The van der Waals surface area contributed by atoms with Crippen molar-refractivity contribution in [3.05, 3.63) is 59.5 Å². The first kappa shape index (κ1) is 12.6. The van der Waals surface area contributed by atoms with E-state index in [0.717, 1.165) is 17.1 Å². The summed E-state index contributed by atoms with van der Waals surface area (Å²) in [6.45, 7) is 0. The topological polar surface area (TPSA) is 52.1 Å². The van der Waals surface area contributed by atoms with Crippen molar-refractivity contribution < 1.29 is 9.53 Å². The number of carbonyl (C=O) groups excluding carboxylic acids is 1. The summed E-state index contributed by atoms with van der Waals surface area (Å²) in [6.07, 6.45) is 2.18. The van der Waals surface area contributed by atoms with Gasteiger partial charge in [0.1, 0.15) is 17.2 Å². The second-order valence-electron chi connectivity index (χ2n) is 4.13. The van der Waals surface area contributed by atoms with Gasteiger partial charge in [0.15, 0.2) is 6.29 Å². The molecule has 0 spiro atoms. The third kappa shape index (κ3) is 2.46. The van der Waals surface area contributed by atoms with E-state index < -0.39 is 0 Å². The first-order valence-electron chi connectivity index (χ1n) is 5.89. The van der Waals surface area contributed by atoms with E-state index >= 15 is 0 Å². The summed E-state index contributed by atoms with van der Waals surface area (Å²) in [5.74, 6) is 0.992. The van der Waals surface area contributed by atoms with Crippen LogP contribution in [0.5, 0.6) is 11.6 Å². The number of fused-ring (bicyclic) bond motifs is 1. The van der Waals surface area contributed by atoms with E-state index in [1.165, 1.54) is 12.4 Å². The number of aromatic nitrogens is 2. The highest BCUT2D eigenvalue weighted by molar-refractivity contribution is 6.29. The SMILES string of the molecule is O=Cc1cccc2cc(Oc3cc(Cl)ncn3)ccc12. The van der Waals surface area contributed by atoms with Crippen molar-refractivity contribution in [2.24, 2.45) is 0 Å². The fraction of sp³-hybridized carbons (Fsp3) is 0. The molecule has 1 aromatic heterocycles. The number of benzene rings is 2. The number of ether oxygens (including phenoxy) is 1. The lowest BCUT2D eigenvalue weighted by Crippen LogP contribution is -1.90. The predicted molar refractivity (Wildman–Crippen MR) is 76.5 cm³/mol. The van der Waals surface area contributed by atoms with Gasteiger partial charge in [0.2, 0.25) is 5.88 Å². The van der Waals surface area contributed by atoms with E-state index in [4.69, 9.17) is 16.3 Å². The Balaban J connectivity index is 1.99. The van der Waals surface area contributed by atoms with E-state index in [1.807, 2.05) is 24.3 Å². The van der Waals surface area contributed by atoms with Crippen molar-refractivity contribution in [2.45, 2.75) is 0 Å². The van der Waals surface area contributed by atoms with Crippen LogP contribution in [0.25, 0.3) is 10.8 Å². The quantitative estimate of drug-likeness (QED) is 0.541. The monoisotopic (exact) mass is 284 g/mol. The minimum absolute atomic E-state index is 0.319. The summed E-state index contributed by atoms with van der Waals surface area (Å²) in [5.41, 5.74) is 0.652. The van der Waals surface area contributed by atoms with Crippen LogP contribution in [0.1, 0.15) is 10.4 Å². The first-order valence-corrected chi connectivity index (χ1v) is 6.27. The van der Waals surface area contributed by atoms with Gasteiger partial charge in [-0.15, -0.1) is 0 Å². The van der Waals surface area contributed by atoms with Crippen molar-refractivity contribution in [1.82, 2.24) is 9.97 Å². The zero-order valence-corrected chi connectivity index (χ0v) is 11.0. The molecule has 0 bridgehead atoms. The summed E-state index contributed by atoms with van der Waals surface area (Å²) < 4.78 is 5.62. The average Bonchev–Trinajstić information content (AvgIpc) is 2.46. The van der Waals surface area contributed by atoms with E-state index in [2.05, 4.69) is 9.97 Å². The highest BCUT2D eigenvalue weighted by Gasteiger charge is 2.04. The Kier molecular flexibility index (Phi) is 3.31. The Morgan fingerprint density at radius 2 is 2.00 bits per heavy atom. The van der Waals surface area contributed by atoms with Crippen LogP contribution in [0.4, 0.5) is 0 Å². The summed E-state index contributed by atoms with van der Waals surface area (Å²) in [5, 5.41) is 2.13. The number of halogens is 1. The Hall–Kier alpha value is -2.46. The maximum absolute atomic E-state index is 11.0. The molecule has 3 rings (SSSR count). The molecule has 0 unspecified atom stereocenters. The molecule has 0 atom stereocenters. The van der Waals surface area contributed by atoms with E-state index in [-0.39, 0.29) is 0 Å². The maximum Gasteiger partial charge on any atom is 0.223 e. The van der Waals surface area contributed by atoms with Crippen molar-refractivity contribution in [1.29, 1.82) is 0 Å². The van der Waals surface area contributed by atoms with Crippen LogP contribution in [-0.2, 0) is 0 Å². The van der Waals surface area contributed by atoms with Gasteiger partial charge in [0, 0.05) is 11.6 Å². The lowest BCUT2D eigenvalue weighted by molar-refractivity contribution is 0.112. The molecule has 1 heterocycles. The highest BCUT2D eigenvalue weighted by atomic mass is 35.5. The minimum atomic E-state index is 0.319. The molecule has 20 heavy (non-hydrogen) atoms. The largest absolute Gasteiger partial charge is 0.439 e. The number of rotatable bonds is 3. The molecule has 0 saturated heterocycles. The molecule has 0 saturated carbocycles. The summed E-state index contributed by atoms with van der Waals surface area (Å²) in [4.78, 5) is 18.7. The minimum Gasteiger partial charge on any atom is -0.439 e. The van der Waals surface area contributed by atoms with Crippen LogP contribution in [0.15, 0.2) is 48.8 Å².